The average molecular weight is 333 g/mol. The van der Waals surface area contributed by atoms with Gasteiger partial charge in [0.15, 0.2) is 0 Å². The molecule has 2 rings (SSSR count). The number of amides is 1. The zero-order valence-corrected chi connectivity index (χ0v) is 12.7. The highest BCUT2D eigenvalue weighted by Crippen LogP contribution is 2.31. The third kappa shape index (κ3) is 3.40. The topological polar surface area (TPSA) is 92.9 Å². The molecule has 0 bridgehead atoms. The van der Waals surface area contributed by atoms with Crippen molar-refractivity contribution in [3.8, 4) is 0 Å². The van der Waals surface area contributed by atoms with E-state index >= 15 is 0 Å². The van der Waals surface area contributed by atoms with Gasteiger partial charge in [-0.25, -0.2) is 4.79 Å². The molecule has 3 N–H and O–H groups in total. The fraction of sp³-hybridized carbons (Fsp3) is 0.385. The number of nitrogens with two attached hydrogens (primary N) is 1. The normalized spacial score (nSPS) is 16.4. The molecule has 0 saturated carbocycles. The number of aliphatic carboxylic acids is 1. The van der Waals surface area contributed by atoms with Crippen LogP contribution in [0.15, 0.2) is 12.1 Å². The van der Waals surface area contributed by atoms with Gasteiger partial charge >= 0.3 is 5.97 Å². The first-order valence-corrected chi connectivity index (χ1v) is 6.87. The molecule has 0 radical (unpaired) electrons. The molecule has 1 aliphatic heterocycles. The van der Waals surface area contributed by atoms with Crippen LogP contribution in [0.5, 0.6) is 0 Å². The second-order valence-corrected chi connectivity index (χ2v) is 5.96. The maximum atomic E-state index is 12.3. The maximum Gasteiger partial charge on any atom is 0.329 e. The summed E-state index contributed by atoms with van der Waals surface area (Å²) >= 11 is 11.8. The molecule has 21 heavy (non-hydrogen) atoms. The van der Waals surface area contributed by atoms with Gasteiger partial charge in [0.1, 0.15) is 12.2 Å². The summed E-state index contributed by atoms with van der Waals surface area (Å²) in [5.41, 5.74) is 5.54. The largest absolute Gasteiger partial charge is 0.480 e. The Hall–Kier alpha value is -1.50. The van der Waals surface area contributed by atoms with E-state index in [1.165, 1.54) is 17.0 Å². The number of carboxylic acid groups (broad SMARTS) is 1. The van der Waals surface area contributed by atoms with E-state index in [9.17, 15) is 9.59 Å². The van der Waals surface area contributed by atoms with Gasteiger partial charge in [-0.05, 0) is 19.1 Å². The SMILES string of the molecule is CC1(OCC(=O)O)CN(C(=O)c2cc(Cl)c(N)c(Cl)c2)C1. The number of hydrogen-bond acceptors (Lipinski definition) is 4. The molecular formula is C13H14Cl2N2O4. The summed E-state index contributed by atoms with van der Waals surface area (Å²) in [6.07, 6.45) is 0. The van der Waals surface area contributed by atoms with E-state index in [1.54, 1.807) is 6.92 Å². The Morgan fingerprint density at radius 1 is 1.38 bits per heavy atom. The van der Waals surface area contributed by atoms with Crippen LogP contribution in [0.3, 0.4) is 0 Å². The number of carboxylic acids is 1. The van der Waals surface area contributed by atoms with Crippen LogP contribution in [0.1, 0.15) is 17.3 Å². The highest BCUT2D eigenvalue weighted by Gasteiger charge is 2.43. The fourth-order valence-electron chi connectivity index (χ4n) is 2.12. The molecule has 1 aromatic carbocycles. The van der Waals surface area contributed by atoms with Crippen LogP contribution in [0.4, 0.5) is 5.69 Å². The lowest BCUT2D eigenvalue weighted by Crippen LogP contribution is -2.63. The molecule has 6 nitrogen and oxygen atoms in total. The summed E-state index contributed by atoms with van der Waals surface area (Å²) in [5.74, 6) is -1.30. The quantitative estimate of drug-likeness (QED) is 0.821. The van der Waals surface area contributed by atoms with Gasteiger partial charge < -0.3 is 20.5 Å². The van der Waals surface area contributed by atoms with E-state index < -0.39 is 18.2 Å². The van der Waals surface area contributed by atoms with Crippen LogP contribution in [-0.2, 0) is 9.53 Å². The van der Waals surface area contributed by atoms with Crippen molar-refractivity contribution in [1.82, 2.24) is 4.90 Å². The first kappa shape index (κ1) is 15.9. The van der Waals surface area contributed by atoms with E-state index in [0.29, 0.717) is 18.7 Å². The van der Waals surface area contributed by atoms with Crippen LogP contribution in [0.25, 0.3) is 0 Å². The van der Waals surface area contributed by atoms with Gasteiger partial charge in [0.25, 0.3) is 5.91 Å². The zero-order chi connectivity index (χ0) is 15.8. The number of carbonyl (C=O) groups is 2. The van der Waals surface area contributed by atoms with Crippen molar-refractivity contribution in [3.05, 3.63) is 27.7 Å². The minimum Gasteiger partial charge on any atom is -0.480 e. The van der Waals surface area contributed by atoms with Crippen LogP contribution >= 0.6 is 23.2 Å². The number of carbonyl (C=O) groups excluding carboxylic acids is 1. The summed E-state index contributed by atoms with van der Waals surface area (Å²) < 4.78 is 5.24. The second-order valence-electron chi connectivity index (χ2n) is 5.15. The lowest BCUT2D eigenvalue weighted by atomic mass is 9.95. The number of halogens is 2. The van der Waals surface area contributed by atoms with Crippen LogP contribution in [0.2, 0.25) is 10.0 Å². The molecule has 0 unspecified atom stereocenters. The highest BCUT2D eigenvalue weighted by molar-refractivity contribution is 6.39. The van der Waals surface area contributed by atoms with Gasteiger partial charge in [0.05, 0.1) is 28.8 Å². The summed E-state index contributed by atoms with van der Waals surface area (Å²) in [6, 6.07) is 2.91. The average Bonchev–Trinajstić information content (AvgIpc) is 2.38. The molecule has 1 aromatic rings. The number of likely N-dealkylation sites (tertiary alicyclic amines) is 1. The van der Waals surface area contributed by atoms with Crippen LogP contribution in [-0.4, -0.2) is 47.2 Å². The van der Waals surface area contributed by atoms with Crippen molar-refractivity contribution in [2.45, 2.75) is 12.5 Å². The molecule has 0 aliphatic carbocycles. The molecular weight excluding hydrogens is 319 g/mol. The van der Waals surface area contributed by atoms with Gasteiger partial charge in [-0.3, -0.25) is 4.79 Å². The Kier molecular flexibility index (Phi) is 4.32. The predicted molar refractivity (Wildman–Crippen MR) is 78.8 cm³/mol. The van der Waals surface area contributed by atoms with E-state index in [1.807, 2.05) is 0 Å². The van der Waals surface area contributed by atoms with Gasteiger partial charge in [-0.1, -0.05) is 23.2 Å². The lowest BCUT2D eigenvalue weighted by molar-refractivity contribution is -0.159. The van der Waals surface area contributed by atoms with Crippen molar-refractivity contribution in [2.24, 2.45) is 0 Å². The number of ether oxygens (including phenoxy) is 1. The summed E-state index contributed by atoms with van der Waals surface area (Å²) in [7, 11) is 0. The standard InChI is InChI=1S/C13H14Cl2N2O4/c1-13(21-4-10(18)19)5-17(6-13)12(20)7-2-8(14)11(16)9(15)3-7/h2-3H,4-6,16H2,1H3,(H,18,19). The fourth-order valence-corrected chi connectivity index (χ4v) is 2.61. The molecule has 0 atom stereocenters. The maximum absolute atomic E-state index is 12.3. The smallest absolute Gasteiger partial charge is 0.329 e. The van der Waals surface area contributed by atoms with Crippen LogP contribution < -0.4 is 5.73 Å². The molecule has 0 aromatic heterocycles. The van der Waals surface area contributed by atoms with Gasteiger partial charge in [-0.2, -0.15) is 0 Å². The lowest BCUT2D eigenvalue weighted by Gasteiger charge is -2.47. The number of hydrogen-bond donors (Lipinski definition) is 2. The third-order valence-electron chi connectivity index (χ3n) is 3.21. The third-order valence-corrected chi connectivity index (χ3v) is 3.83. The van der Waals surface area contributed by atoms with Gasteiger partial charge in [0, 0.05) is 5.56 Å². The molecule has 1 aliphatic rings. The van der Waals surface area contributed by atoms with Crippen molar-refractivity contribution in [1.29, 1.82) is 0 Å². The molecule has 1 fully saturated rings. The Morgan fingerprint density at radius 3 is 2.38 bits per heavy atom. The van der Waals surface area contributed by atoms with E-state index in [-0.39, 0.29) is 21.6 Å². The predicted octanol–water partition coefficient (Wildman–Crippen LogP) is 1.89. The molecule has 114 valence electrons. The van der Waals surface area contributed by atoms with Gasteiger partial charge in [-0.15, -0.1) is 0 Å². The van der Waals surface area contributed by atoms with E-state index in [4.69, 9.17) is 38.8 Å². The number of nitrogens with zero attached hydrogens (tertiary/aromatic N) is 1. The number of rotatable bonds is 4. The van der Waals surface area contributed by atoms with Crippen molar-refractivity contribution in [2.75, 3.05) is 25.4 Å². The highest BCUT2D eigenvalue weighted by atomic mass is 35.5. The summed E-state index contributed by atoms with van der Waals surface area (Å²) in [5, 5.41) is 9.03. The first-order chi connectivity index (χ1) is 9.72. The molecule has 1 saturated heterocycles. The first-order valence-electron chi connectivity index (χ1n) is 6.11. The number of anilines is 1. The Balaban J connectivity index is 2.02. The molecule has 1 amide bonds. The van der Waals surface area contributed by atoms with Crippen molar-refractivity contribution in [3.63, 3.8) is 0 Å². The monoisotopic (exact) mass is 332 g/mol. The van der Waals surface area contributed by atoms with E-state index in [0.717, 1.165) is 0 Å². The minimum atomic E-state index is -1.04. The minimum absolute atomic E-state index is 0.219. The summed E-state index contributed by atoms with van der Waals surface area (Å²) in [6.45, 7) is 1.97. The van der Waals surface area contributed by atoms with E-state index in [2.05, 4.69) is 0 Å². The molecule has 0 spiro atoms. The Labute approximate surface area is 131 Å². The molecule has 1 heterocycles. The Morgan fingerprint density at radius 2 is 1.90 bits per heavy atom. The van der Waals surface area contributed by atoms with Crippen molar-refractivity contribution < 1.29 is 19.4 Å². The summed E-state index contributed by atoms with van der Waals surface area (Å²) in [4.78, 5) is 24.3. The zero-order valence-electron chi connectivity index (χ0n) is 11.2. The molecule has 8 heteroatoms. The second kappa shape index (κ2) is 5.71. The number of benzene rings is 1. The van der Waals surface area contributed by atoms with Crippen LogP contribution in [0, 0.1) is 0 Å². The number of nitrogen functional groups attached to an aromatic ring is 1. The van der Waals surface area contributed by atoms with Crippen molar-refractivity contribution >= 4 is 40.8 Å². The van der Waals surface area contributed by atoms with Gasteiger partial charge in [0.2, 0.25) is 0 Å². The Bertz CT molecular complexity index is 577.